The molecule has 0 saturated carbocycles. The summed E-state index contributed by atoms with van der Waals surface area (Å²) < 4.78 is 0. The van der Waals surface area contributed by atoms with Crippen LogP contribution in [0.2, 0.25) is 0 Å². The number of carbonyl (C=O) groups is 1. The van der Waals surface area contributed by atoms with Gasteiger partial charge in [-0.15, -0.1) is 0 Å². The molecule has 3 heteroatoms. The summed E-state index contributed by atoms with van der Waals surface area (Å²) in [5, 5.41) is 3.21. The number of hydrogen-bond donors (Lipinski definition) is 1. The third-order valence-electron chi connectivity index (χ3n) is 2.17. The zero-order valence-corrected chi connectivity index (χ0v) is 9.79. The maximum Gasteiger partial charge on any atom is 0.164 e. The van der Waals surface area contributed by atoms with Crippen molar-refractivity contribution in [3.8, 4) is 0 Å². The van der Waals surface area contributed by atoms with Crippen molar-refractivity contribution in [1.29, 1.82) is 0 Å². The smallest absolute Gasteiger partial charge is 0.164 e. The Kier molecular flexibility index (Phi) is 3.83. The number of anilines is 1. The Morgan fingerprint density at radius 1 is 1.53 bits per heavy atom. The van der Waals surface area contributed by atoms with Crippen LogP contribution in [0, 0.1) is 6.92 Å². The quantitative estimate of drug-likeness (QED) is 0.770. The molecule has 1 aromatic rings. The van der Waals surface area contributed by atoms with Gasteiger partial charge < -0.3 is 5.32 Å². The highest BCUT2D eigenvalue weighted by Gasteiger charge is 2.08. The average Bonchev–Trinajstić information content (AvgIpc) is 2.16. The van der Waals surface area contributed by atoms with Crippen LogP contribution in [0.4, 0.5) is 5.82 Å². The van der Waals surface area contributed by atoms with E-state index in [4.69, 9.17) is 0 Å². The lowest BCUT2D eigenvalue weighted by molar-refractivity contribution is 0.0987. The molecule has 1 aromatic heterocycles. The molecule has 1 rings (SSSR count). The fourth-order valence-corrected chi connectivity index (χ4v) is 1.41. The highest BCUT2D eigenvalue weighted by molar-refractivity contribution is 5.97. The average molecular weight is 206 g/mol. The molecule has 1 N–H and O–H groups in total. The second-order valence-electron chi connectivity index (χ2n) is 3.96. The molecule has 0 fully saturated rings. The maximum absolute atomic E-state index is 11.5. The Hall–Kier alpha value is -1.38. The van der Waals surface area contributed by atoms with Gasteiger partial charge in [0.25, 0.3) is 0 Å². The van der Waals surface area contributed by atoms with Crippen molar-refractivity contribution in [2.45, 2.75) is 40.2 Å². The molecule has 0 bridgehead atoms. The van der Waals surface area contributed by atoms with Crippen molar-refractivity contribution in [2.24, 2.45) is 0 Å². The van der Waals surface area contributed by atoms with E-state index < -0.39 is 0 Å². The summed E-state index contributed by atoms with van der Waals surface area (Å²) in [5.74, 6) is 0.978. The van der Waals surface area contributed by atoms with Crippen LogP contribution in [0.1, 0.15) is 43.1 Å². The zero-order chi connectivity index (χ0) is 11.4. The zero-order valence-electron chi connectivity index (χ0n) is 9.79. The molecule has 0 aliphatic rings. The van der Waals surface area contributed by atoms with Crippen LogP contribution in [0.15, 0.2) is 12.3 Å². The second kappa shape index (κ2) is 4.91. The molecule has 0 spiro atoms. The lowest BCUT2D eigenvalue weighted by Crippen LogP contribution is -2.12. The highest BCUT2D eigenvalue weighted by atomic mass is 16.1. The van der Waals surface area contributed by atoms with Crippen LogP contribution in [-0.2, 0) is 0 Å². The fourth-order valence-electron chi connectivity index (χ4n) is 1.41. The molecular formula is C12H18N2O. The van der Waals surface area contributed by atoms with Gasteiger partial charge in [-0.25, -0.2) is 4.98 Å². The molecule has 15 heavy (non-hydrogen) atoms. The summed E-state index contributed by atoms with van der Waals surface area (Å²) in [4.78, 5) is 15.7. The summed E-state index contributed by atoms with van der Waals surface area (Å²) in [6.45, 7) is 7.92. The first-order valence-corrected chi connectivity index (χ1v) is 5.31. The van der Waals surface area contributed by atoms with E-state index in [0.29, 0.717) is 12.5 Å². The Balaban J connectivity index is 2.93. The molecule has 0 radical (unpaired) electrons. The van der Waals surface area contributed by atoms with E-state index in [2.05, 4.69) is 24.1 Å². The van der Waals surface area contributed by atoms with Gasteiger partial charge in [0.05, 0.1) is 0 Å². The first-order chi connectivity index (χ1) is 7.04. The van der Waals surface area contributed by atoms with Crippen molar-refractivity contribution in [3.05, 3.63) is 23.4 Å². The Labute approximate surface area is 90.9 Å². The molecule has 0 atom stereocenters. The monoisotopic (exact) mass is 206 g/mol. The van der Waals surface area contributed by atoms with Crippen molar-refractivity contribution in [2.75, 3.05) is 5.32 Å². The first kappa shape index (κ1) is 11.7. The predicted octanol–water partition coefficient (Wildman–Crippen LogP) is 2.80. The van der Waals surface area contributed by atoms with E-state index in [1.165, 1.54) is 0 Å². The van der Waals surface area contributed by atoms with E-state index in [9.17, 15) is 4.79 Å². The highest BCUT2D eigenvalue weighted by Crippen LogP contribution is 2.14. The molecular weight excluding hydrogens is 188 g/mol. The first-order valence-electron chi connectivity index (χ1n) is 5.31. The number of rotatable bonds is 4. The summed E-state index contributed by atoms with van der Waals surface area (Å²) >= 11 is 0. The summed E-state index contributed by atoms with van der Waals surface area (Å²) in [6.07, 6.45) is 2.19. The summed E-state index contributed by atoms with van der Waals surface area (Å²) in [5.41, 5.74) is 1.71. The lowest BCUT2D eigenvalue weighted by Gasteiger charge is -2.10. The maximum atomic E-state index is 11.5. The largest absolute Gasteiger partial charge is 0.368 e. The van der Waals surface area contributed by atoms with E-state index in [-0.39, 0.29) is 5.78 Å². The van der Waals surface area contributed by atoms with Crippen molar-refractivity contribution < 1.29 is 4.79 Å². The standard InChI is InChI=1S/C12H18N2O/c1-5-11(15)10-7-13-12(6-9(10)4)14-8(2)3/h6-8H,5H2,1-4H3,(H,13,14). The van der Waals surface area contributed by atoms with Gasteiger partial charge in [-0.2, -0.15) is 0 Å². The number of carbonyl (C=O) groups excluding carboxylic acids is 1. The van der Waals surface area contributed by atoms with Crippen molar-refractivity contribution >= 4 is 11.6 Å². The molecule has 0 saturated heterocycles. The Morgan fingerprint density at radius 3 is 2.67 bits per heavy atom. The van der Waals surface area contributed by atoms with Gasteiger partial charge in [0, 0.05) is 24.2 Å². The number of pyridine rings is 1. The fraction of sp³-hybridized carbons (Fsp3) is 0.500. The van der Waals surface area contributed by atoms with Gasteiger partial charge in [0.2, 0.25) is 0 Å². The summed E-state index contributed by atoms with van der Waals surface area (Å²) in [6, 6.07) is 2.27. The molecule has 0 amide bonds. The number of aromatic nitrogens is 1. The van der Waals surface area contributed by atoms with Gasteiger partial charge in [-0.05, 0) is 32.4 Å². The minimum atomic E-state index is 0.149. The van der Waals surface area contributed by atoms with Crippen molar-refractivity contribution in [3.63, 3.8) is 0 Å². The Morgan fingerprint density at radius 2 is 2.20 bits per heavy atom. The molecule has 0 aliphatic heterocycles. The van der Waals surface area contributed by atoms with E-state index in [1.54, 1.807) is 6.20 Å². The normalized spacial score (nSPS) is 10.5. The van der Waals surface area contributed by atoms with Gasteiger partial charge in [-0.1, -0.05) is 6.92 Å². The SMILES string of the molecule is CCC(=O)c1cnc(NC(C)C)cc1C. The van der Waals surface area contributed by atoms with E-state index in [0.717, 1.165) is 16.9 Å². The van der Waals surface area contributed by atoms with Crippen LogP contribution < -0.4 is 5.32 Å². The molecule has 0 unspecified atom stereocenters. The third-order valence-corrected chi connectivity index (χ3v) is 2.17. The third kappa shape index (κ3) is 3.05. The number of Topliss-reactive ketones (excluding diaryl/α,β-unsaturated/α-hetero) is 1. The number of nitrogens with one attached hydrogen (secondary N) is 1. The van der Waals surface area contributed by atoms with Crippen LogP contribution in [0.5, 0.6) is 0 Å². The van der Waals surface area contributed by atoms with Crippen molar-refractivity contribution in [1.82, 2.24) is 4.98 Å². The van der Waals surface area contributed by atoms with E-state index >= 15 is 0 Å². The van der Waals surface area contributed by atoms with Gasteiger partial charge >= 0.3 is 0 Å². The number of nitrogens with zero attached hydrogens (tertiary/aromatic N) is 1. The molecule has 1 heterocycles. The minimum Gasteiger partial charge on any atom is -0.368 e. The number of ketones is 1. The lowest BCUT2D eigenvalue weighted by atomic mass is 10.1. The molecule has 0 aromatic carbocycles. The van der Waals surface area contributed by atoms with Crippen LogP contribution in [0.3, 0.4) is 0 Å². The minimum absolute atomic E-state index is 0.149. The van der Waals surface area contributed by atoms with Gasteiger partial charge in [0.1, 0.15) is 5.82 Å². The second-order valence-corrected chi connectivity index (χ2v) is 3.96. The molecule has 3 nitrogen and oxygen atoms in total. The number of aryl methyl sites for hydroxylation is 1. The van der Waals surface area contributed by atoms with Gasteiger partial charge in [-0.3, -0.25) is 4.79 Å². The Bertz CT molecular complexity index is 359. The van der Waals surface area contributed by atoms with Crippen LogP contribution in [0.25, 0.3) is 0 Å². The predicted molar refractivity (Wildman–Crippen MR) is 62.4 cm³/mol. The number of hydrogen-bond acceptors (Lipinski definition) is 3. The van der Waals surface area contributed by atoms with E-state index in [1.807, 2.05) is 19.9 Å². The molecule has 0 aliphatic carbocycles. The summed E-state index contributed by atoms with van der Waals surface area (Å²) in [7, 11) is 0. The molecule has 82 valence electrons. The van der Waals surface area contributed by atoms with Crippen LogP contribution >= 0.6 is 0 Å². The topological polar surface area (TPSA) is 42.0 Å². The van der Waals surface area contributed by atoms with Crippen LogP contribution in [-0.4, -0.2) is 16.8 Å². The van der Waals surface area contributed by atoms with Gasteiger partial charge in [0.15, 0.2) is 5.78 Å².